The lowest BCUT2D eigenvalue weighted by atomic mass is 10.2. The molecule has 1 amide bonds. The monoisotopic (exact) mass is 231 g/mol. The number of carboxylic acid groups (broad SMARTS) is 1. The van der Waals surface area contributed by atoms with Crippen LogP contribution in [0.25, 0.3) is 0 Å². The topological polar surface area (TPSA) is 102 Å². The summed E-state index contributed by atoms with van der Waals surface area (Å²) in [5, 5.41) is 10.9. The fourth-order valence-electron chi connectivity index (χ4n) is 1.36. The molecule has 1 fully saturated rings. The van der Waals surface area contributed by atoms with Crippen molar-refractivity contribution in [3.05, 3.63) is 0 Å². The molecule has 1 saturated heterocycles. The Kier molecular flexibility index (Phi) is 4.24. The molecule has 2 atom stereocenters. The van der Waals surface area contributed by atoms with Gasteiger partial charge in [0, 0.05) is 0 Å². The summed E-state index contributed by atoms with van der Waals surface area (Å²) in [5.74, 6) is -2.14. The summed E-state index contributed by atoms with van der Waals surface area (Å²) < 4.78 is 9.32. The van der Waals surface area contributed by atoms with Crippen molar-refractivity contribution < 1.29 is 29.0 Å². The highest BCUT2D eigenvalue weighted by Crippen LogP contribution is 2.19. The molecule has 90 valence electrons. The summed E-state index contributed by atoms with van der Waals surface area (Å²) in [6.45, 7) is -0.243. The standard InChI is InChI=1S/C9H13NO6/c1-15-7(11)4-10-8(12)5-2-3-6(16-5)9(13)14/h5-6H,2-4H2,1H3,(H,10,12)(H,13,14). The van der Waals surface area contributed by atoms with Crippen molar-refractivity contribution in [2.45, 2.75) is 25.0 Å². The molecule has 0 aromatic rings. The summed E-state index contributed by atoms with van der Waals surface area (Å²) in [6.07, 6.45) is -1.10. The minimum Gasteiger partial charge on any atom is -0.479 e. The first-order valence-electron chi connectivity index (χ1n) is 4.77. The van der Waals surface area contributed by atoms with Crippen LogP contribution in [-0.4, -0.2) is 48.8 Å². The van der Waals surface area contributed by atoms with E-state index >= 15 is 0 Å². The maximum absolute atomic E-state index is 11.4. The number of amides is 1. The molecule has 1 rings (SSSR count). The third kappa shape index (κ3) is 3.20. The number of esters is 1. The SMILES string of the molecule is COC(=O)CNC(=O)C1CCC(C(=O)O)O1. The molecular weight excluding hydrogens is 218 g/mol. The van der Waals surface area contributed by atoms with E-state index in [0.29, 0.717) is 12.8 Å². The second kappa shape index (κ2) is 5.45. The number of hydrogen-bond acceptors (Lipinski definition) is 5. The quantitative estimate of drug-likeness (QED) is 0.596. The van der Waals surface area contributed by atoms with Gasteiger partial charge in [-0.1, -0.05) is 0 Å². The molecule has 0 spiro atoms. The number of ether oxygens (including phenoxy) is 2. The van der Waals surface area contributed by atoms with Gasteiger partial charge in [0.1, 0.15) is 12.6 Å². The molecule has 0 aromatic heterocycles. The molecule has 0 radical (unpaired) electrons. The number of hydrogen-bond donors (Lipinski definition) is 2. The Balaban J connectivity index is 2.34. The van der Waals surface area contributed by atoms with Gasteiger partial charge in [0.2, 0.25) is 5.91 Å². The fraction of sp³-hybridized carbons (Fsp3) is 0.667. The molecular formula is C9H13NO6. The number of carbonyl (C=O) groups excluding carboxylic acids is 2. The first kappa shape index (κ1) is 12.4. The Morgan fingerprint density at radius 2 is 2.00 bits per heavy atom. The van der Waals surface area contributed by atoms with E-state index < -0.39 is 30.1 Å². The number of carbonyl (C=O) groups is 3. The number of nitrogens with one attached hydrogen (secondary N) is 1. The lowest BCUT2D eigenvalue weighted by Gasteiger charge is -2.10. The van der Waals surface area contributed by atoms with Gasteiger partial charge in [0.05, 0.1) is 7.11 Å². The third-order valence-electron chi connectivity index (χ3n) is 2.22. The second-order valence-electron chi connectivity index (χ2n) is 3.32. The molecule has 2 unspecified atom stereocenters. The van der Waals surface area contributed by atoms with E-state index in [1.165, 1.54) is 7.11 Å². The van der Waals surface area contributed by atoms with E-state index in [4.69, 9.17) is 9.84 Å². The van der Waals surface area contributed by atoms with Crippen LogP contribution in [0.3, 0.4) is 0 Å². The van der Waals surface area contributed by atoms with E-state index in [2.05, 4.69) is 10.1 Å². The van der Waals surface area contributed by atoms with Crippen LogP contribution in [0.1, 0.15) is 12.8 Å². The van der Waals surface area contributed by atoms with Crippen LogP contribution in [0.4, 0.5) is 0 Å². The smallest absolute Gasteiger partial charge is 0.332 e. The molecule has 1 heterocycles. The molecule has 16 heavy (non-hydrogen) atoms. The molecule has 7 heteroatoms. The summed E-state index contributed by atoms with van der Waals surface area (Å²) in [4.78, 5) is 32.7. The van der Waals surface area contributed by atoms with Crippen LogP contribution in [0.15, 0.2) is 0 Å². The molecule has 0 aliphatic carbocycles. The van der Waals surface area contributed by atoms with Crippen LogP contribution in [0, 0.1) is 0 Å². The van der Waals surface area contributed by atoms with Gasteiger partial charge < -0.3 is 19.9 Å². The number of aliphatic carboxylic acids is 1. The molecule has 0 aromatic carbocycles. The largest absolute Gasteiger partial charge is 0.479 e. The predicted molar refractivity (Wildman–Crippen MR) is 50.6 cm³/mol. The van der Waals surface area contributed by atoms with Gasteiger partial charge in [-0.25, -0.2) is 4.79 Å². The van der Waals surface area contributed by atoms with Crippen molar-refractivity contribution in [3.8, 4) is 0 Å². The van der Waals surface area contributed by atoms with Crippen LogP contribution < -0.4 is 5.32 Å². The van der Waals surface area contributed by atoms with Crippen molar-refractivity contribution in [2.24, 2.45) is 0 Å². The fourth-order valence-corrected chi connectivity index (χ4v) is 1.36. The normalized spacial score (nSPS) is 23.8. The van der Waals surface area contributed by atoms with Gasteiger partial charge in [-0.05, 0) is 12.8 Å². The average Bonchev–Trinajstić information content (AvgIpc) is 2.74. The van der Waals surface area contributed by atoms with Gasteiger partial charge in [-0.2, -0.15) is 0 Å². The van der Waals surface area contributed by atoms with Crippen molar-refractivity contribution >= 4 is 17.8 Å². The number of rotatable bonds is 4. The van der Waals surface area contributed by atoms with E-state index in [1.54, 1.807) is 0 Å². The van der Waals surface area contributed by atoms with E-state index in [1.807, 2.05) is 0 Å². The maximum atomic E-state index is 11.4. The Hall–Kier alpha value is -1.63. The highest BCUT2D eigenvalue weighted by atomic mass is 16.5. The highest BCUT2D eigenvalue weighted by molar-refractivity contribution is 5.85. The summed E-state index contributed by atoms with van der Waals surface area (Å²) in [6, 6.07) is 0. The number of carboxylic acids is 1. The first-order chi connectivity index (χ1) is 7.54. The Morgan fingerprint density at radius 1 is 1.38 bits per heavy atom. The zero-order chi connectivity index (χ0) is 12.1. The highest BCUT2D eigenvalue weighted by Gasteiger charge is 2.34. The first-order valence-corrected chi connectivity index (χ1v) is 4.77. The lowest BCUT2D eigenvalue weighted by molar-refractivity contribution is -0.152. The number of methoxy groups -OCH3 is 1. The Bertz CT molecular complexity index is 302. The zero-order valence-corrected chi connectivity index (χ0v) is 8.76. The van der Waals surface area contributed by atoms with Gasteiger partial charge in [-0.3, -0.25) is 9.59 Å². The minimum absolute atomic E-state index is 0.243. The van der Waals surface area contributed by atoms with E-state index in [0.717, 1.165) is 0 Å². The molecule has 7 nitrogen and oxygen atoms in total. The minimum atomic E-state index is -1.08. The summed E-state index contributed by atoms with van der Waals surface area (Å²) in [5.41, 5.74) is 0. The summed E-state index contributed by atoms with van der Waals surface area (Å²) in [7, 11) is 1.21. The predicted octanol–water partition coefficient (Wildman–Crippen LogP) is -1.09. The molecule has 1 aliphatic heterocycles. The van der Waals surface area contributed by atoms with Gasteiger partial charge in [-0.15, -0.1) is 0 Å². The molecule has 0 saturated carbocycles. The van der Waals surface area contributed by atoms with Crippen LogP contribution in [0.5, 0.6) is 0 Å². The molecule has 2 N–H and O–H groups in total. The van der Waals surface area contributed by atoms with Crippen LogP contribution in [0.2, 0.25) is 0 Å². The van der Waals surface area contributed by atoms with Gasteiger partial charge in [0.25, 0.3) is 0 Å². The maximum Gasteiger partial charge on any atom is 0.332 e. The molecule has 0 bridgehead atoms. The Morgan fingerprint density at radius 3 is 2.50 bits per heavy atom. The second-order valence-corrected chi connectivity index (χ2v) is 3.32. The Labute approximate surface area is 91.7 Å². The summed E-state index contributed by atoms with van der Waals surface area (Å²) >= 11 is 0. The van der Waals surface area contributed by atoms with E-state index in [9.17, 15) is 14.4 Å². The van der Waals surface area contributed by atoms with Crippen molar-refractivity contribution in [3.63, 3.8) is 0 Å². The van der Waals surface area contributed by atoms with E-state index in [-0.39, 0.29) is 6.54 Å². The van der Waals surface area contributed by atoms with Crippen LogP contribution in [-0.2, 0) is 23.9 Å². The van der Waals surface area contributed by atoms with Crippen molar-refractivity contribution in [2.75, 3.05) is 13.7 Å². The van der Waals surface area contributed by atoms with Gasteiger partial charge >= 0.3 is 11.9 Å². The van der Waals surface area contributed by atoms with Crippen molar-refractivity contribution in [1.29, 1.82) is 0 Å². The average molecular weight is 231 g/mol. The zero-order valence-electron chi connectivity index (χ0n) is 8.76. The lowest BCUT2D eigenvalue weighted by Crippen LogP contribution is -2.38. The van der Waals surface area contributed by atoms with Gasteiger partial charge in [0.15, 0.2) is 6.10 Å². The molecule has 1 aliphatic rings. The third-order valence-corrected chi connectivity index (χ3v) is 2.22. The van der Waals surface area contributed by atoms with Crippen molar-refractivity contribution in [1.82, 2.24) is 5.32 Å². The van der Waals surface area contributed by atoms with Crippen LogP contribution >= 0.6 is 0 Å².